The molecule has 0 saturated carbocycles. The SMILES string of the molecule is CC(=O)CCNC(=O)CCCSSCCNC(=O)C12O[C@@H]3[C@H](O1)[C@@H](CO[PH](O)(S)O[C@H]1[C@@H](O)[C@H](n4cnc5c(N)ncnc54)O[C@@H]1COP2(=O)S)O[C@H]3n1cnc2c(=O)[nH]c(N)nc21. The predicted octanol–water partition coefficient (Wildman–Crippen LogP) is -0.0226. The number of fused-ring (bicyclic) bond motifs is 4. The molecule has 0 aliphatic carbocycles. The second kappa shape index (κ2) is 19.2. The van der Waals surface area contributed by atoms with E-state index in [9.17, 15) is 29.2 Å². The van der Waals surface area contributed by atoms with Gasteiger partial charge in [0.1, 0.15) is 5.78 Å². The van der Waals surface area contributed by atoms with Gasteiger partial charge in [0.05, 0.1) is 0 Å². The summed E-state index contributed by atoms with van der Waals surface area (Å²) in [5, 5.41) is 17.1. The molecular formula is C32H44N12O14P2S4. The number of hydrogen-bond acceptors (Lipinski definition) is 24. The summed E-state index contributed by atoms with van der Waals surface area (Å²) in [6.45, 7) is -4.27. The van der Waals surface area contributed by atoms with E-state index in [1.807, 2.05) is 0 Å². The van der Waals surface area contributed by atoms with Crippen LogP contribution in [0.4, 0.5) is 11.8 Å². The number of nitrogens with two attached hydrogens (primary N) is 2. The van der Waals surface area contributed by atoms with Gasteiger partial charge >= 0.3 is 317 Å². The fourth-order valence-corrected chi connectivity index (χ4v) is 13.2. The number of nitrogens with one attached hydrogen (secondary N) is 3. The van der Waals surface area contributed by atoms with Gasteiger partial charge in [-0.3, -0.25) is 9.59 Å². The number of aromatic amines is 1. The molecule has 26 nitrogen and oxygen atoms in total. The molecule has 0 aromatic carbocycles. The molecule has 2 unspecified atom stereocenters. The zero-order valence-electron chi connectivity index (χ0n) is 33.5. The maximum atomic E-state index is 15.0. The van der Waals surface area contributed by atoms with Crippen molar-refractivity contribution in [3.63, 3.8) is 0 Å². The van der Waals surface area contributed by atoms with Gasteiger partial charge in [-0.15, -0.1) is 0 Å². The number of ether oxygens (including phenoxy) is 4. The Kier molecular flexibility index (Phi) is 14.2. The first kappa shape index (κ1) is 47.3. The summed E-state index contributed by atoms with van der Waals surface area (Å²) < 4.78 is 60.7. The van der Waals surface area contributed by atoms with Crippen LogP contribution in [0.5, 0.6) is 0 Å². The summed E-state index contributed by atoms with van der Waals surface area (Å²) in [5.74, 6) is -0.408. The molecule has 0 spiro atoms. The summed E-state index contributed by atoms with van der Waals surface area (Å²) in [5.41, 5.74) is 8.67. The van der Waals surface area contributed by atoms with Gasteiger partial charge in [-0.1, -0.05) is 0 Å². The van der Waals surface area contributed by atoms with E-state index in [2.05, 4.69) is 65.0 Å². The number of hydrogen-bond donors (Lipinski definition) is 9. The molecule has 64 heavy (non-hydrogen) atoms. The van der Waals surface area contributed by atoms with Crippen molar-refractivity contribution < 1.29 is 61.5 Å². The van der Waals surface area contributed by atoms with E-state index in [0.29, 0.717) is 17.9 Å². The minimum absolute atomic E-state index is 0.0130. The Morgan fingerprint density at radius 2 is 1.67 bits per heavy atom. The van der Waals surface area contributed by atoms with Gasteiger partial charge in [-0.05, 0) is 13.3 Å². The number of Topliss-reactive ketones (excluding diaryl/α,β-unsaturated/α-hetero) is 1. The summed E-state index contributed by atoms with van der Waals surface area (Å²) in [4.78, 5) is 84.9. The number of H-pyrrole nitrogens is 1. The minimum atomic E-state index is -4.81. The maximum absolute atomic E-state index is 15.0. The van der Waals surface area contributed by atoms with Gasteiger partial charge < -0.3 is 5.32 Å². The van der Waals surface area contributed by atoms with E-state index < -0.39 is 93.0 Å². The number of nitrogen functional groups attached to an aromatic ring is 2. The van der Waals surface area contributed by atoms with Crippen molar-refractivity contribution in [3.05, 3.63) is 29.3 Å². The van der Waals surface area contributed by atoms with Crippen LogP contribution < -0.4 is 27.7 Å². The molecular weight excluding hydrogens is 967 g/mol. The monoisotopic (exact) mass is 1010 g/mol. The second-order valence-corrected chi connectivity index (χ2v) is 24.3. The molecule has 4 aromatic heterocycles. The number of imidazole rings is 2. The van der Waals surface area contributed by atoms with Crippen molar-refractivity contribution in [3.8, 4) is 0 Å². The zero-order valence-corrected chi connectivity index (χ0v) is 38.8. The van der Waals surface area contributed by atoms with Crippen LogP contribution in [-0.2, 0) is 51.5 Å². The first-order valence-electron chi connectivity index (χ1n) is 19.5. The first-order valence-corrected chi connectivity index (χ1v) is 27.8. The Balaban J connectivity index is 1.04. The van der Waals surface area contributed by atoms with E-state index in [4.69, 9.17) is 44.0 Å². The van der Waals surface area contributed by atoms with Gasteiger partial charge in [-0.2, -0.15) is 0 Å². The first-order chi connectivity index (χ1) is 30.5. The predicted molar refractivity (Wildman–Crippen MR) is 237 cm³/mol. The summed E-state index contributed by atoms with van der Waals surface area (Å²) in [6.07, 6.45) is -6.01. The fraction of sp³-hybridized carbons (Fsp3) is 0.594. The van der Waals surface area contributed by atoms with E-state index in [0.717, 1.165) is 0 Å². The molecule has 4 aromatic rings. The van der Waals surface area contributed by atoms with Crippen LogP contribution in [0, 0.1) is 0 Å². The molecule has 2 bridgehead atoms. The molecule has 10 atom stereocenters. The van der Waals surface area contributed by atoms with Crippen molar-refractivity contribution in [1.82, 2.24) is 49.7 Å². The number of ketones is 1. The molecule has 8 heterocycles. The van der Waals surface area contributed by atoms with Gasteiger partial charge in [0.25, 0.3) is 0 Å². The topological polar surface area (TPSA) is 357 Å². The van der Waals surface area contributed by atoms with Crippen LogP contribution in [0.25, 0.3) is 22.3 Å². The molecule has 4 fully saturated rings. The van der Waals surface area contributed by atoms with Crippen LogP contribution >= 0.6 is 59.8 Å². The molecule has 8 rings (SSSR count). The fourth-order valence-electron chi connectivity index (χ4n) is 7.37. The number of carbonyl (C=O) groups excluding carboxylic acids is 3. The van der Waals surface area contributed by atoms with Crippen LogP contribution in [0.15, 0.2) is 23.8 Å². The number of rotatable bonds is 14. The normalized spacial score (nSPS) is 31.8. The molecule has 0 radical (unpaired) electrons. The number of nitrogens with zero attached hydrogens (tertiary/aromatic N) is 7. The number of aromatic nitrogens is 8. The number of anilines is 2. The van der Waals surface area contributed by atoms with Crippen molar-refractivity contribution in [2.45, 2.75) is 80.8 Å². The molecule has 2 amide bonds. The summed E-state index contributed by atoms with van der Waals surface area (Å²) in [6, 6.07) is 0. The summed E-state index contributed by atoms with van der Waals surface area (Å²) >= 11 is 8.76. The average molecular weight is 1010 g/mol. The number of thiol groups is 2. The van der Waals surface area contributed by atoms with Crippen LogP contribution in [0.1, 0.15) is 38.6 Å². The third-order valence-electron chi connectivity index (χ3n) is 10.4. The zero-order chi connectivity index (χ0) is 45.6. The van der Waals surface area contributed by atoms with Crippen molar-refractivity contribution in [2.24, 2.45) is 0 Å². The van der Waals surface area contributed by atoms with Crippen molar-refractivity contribution in [1.29, 1.82) is 0 Å². The third kappa shape index (κ3) is 9.50. The van der Waals surface area contributed by atoms with Crippen molar-refractivity contribution in [2.75, 3.05) is 49.3 Å². The number of amides is 2. The Morgan fingerprint density at radius 3 is 2.45 bits per heavy atom. The van der Waals surface area contributed by atoms with Crippen LogP contribution in [0.3, 0.4) is 0 Å². The van der Waals surface area contributed by atoms with Crippen molar-refractivity contribution >= 4 is 111 Å². The van der Waals surface area contributed by atoms with Gasteiger partial charge in [0.2, 0.25) is 5.91 Å². The van der Waals surface area contributed by atoms with Gasteiger partial charge in [0.15, 0.2) is 0 Å². The second-order valence-electron chi connectivity index (χ2n) is 14.8. The summed E-state index contributed by atoms with van der Waals surface area (Å²) in [7, 11) is -1.70. The van der Waals surface area contributed by atoms with E-state index >= 15 is 4.57 Å². The molecule has 4 aliphatic heterocycles. The Bertz CT molecular complexity index is 2520. The van der Waals surface area contributed by atoms with E-state index in [1.54, 1.807) is 0 Å². The number of carbonyl (C=O) groups is 3. The van der Waals surface area contributed by atoms with Gasteiger partial charge in [-0.25, -0.2) is 0 Å². The Morgan fingerprint density at radius 1 is 0.969 bits per heavy atom. The molecule has 4 aliphatic rings. The molecule has 9 N–H and O–H groups in total. The quantitative estimate of drug-likeness (QED) is 0.0347. The van der Waals surface area contributed by atoms with Gasteiger partial charge in [0, 0.05) is 25.1 Å². The molecule has 4 saturated heterocycles. The Labute approximate surface area is 380 Å². The molecule has 350 valence electrons. The van der Waals surface area contributed by atoms with E-state index in [-0.39, 0.29) is 71.7 Å². The van der Waals surface area contributed by atoms with Crippen LogP contribution in [0.2, 0.25) is 0 Å². The standard InChI is InChI=1S/C32H44N12O14P2S4/c1-14(45)4-5-35-17(46)3-2-7-63-64-8-6-36-30(49)32-56-22-16(55-29(23(22)57-32)44-13-40-19-26(44)41-31(34)42-27(19)48)10-53-60(51,62)58-21-15(9-52-59(32,50)61)54-28(20(21)47)43-12-39-18-24(33)37-11-38-25(18)43/h11-13,15-16,20-23,28-29,47,51,60,62H,2-10H2,1H3,(H,35,46)(H,36,49)(H,50,61)(H2,33,37,38)(H3,34,41,42,48)/t15-,16-,20-,21-,22-,23-,28-,29-,32?,59?/m1/s1. The molecule has 32 heteroatoms. The van der Waals surface area contributed by atoms with Crippen LogP contribution in [-0.4, -0.2) is 147 Å². The third-order valence-corrected chi connectivity index (χ3v) is 17.5. The number of aliphatic hydroxyl groups is 1. The Hall–Kier alpha value is -3.19. The number of aliphatic hydroxyl groups excluding tert-OH is 1. The van der Waals surface area contributed by atoms with E-state index in [1.165, 1.54) is 56.6 Å². The average Bonchev–Trinajstić information content (AvgIpc) is 4.06.